The predicted octanol–water partition coefficient (Wildman–Crippen LogP) is 3.48. The molecule has 0 fully saturated rings. The molecule has 4 nitrogen and oxygen atoms in total. The first kappa shape index (κ1) is 15.6. The number of ether oxygens (including phenoxy) is 1. The first-order valence-electron chi connectivity index (χ1n) is 4.89. The number of alkyl halides is 3. The molecule has 0 amide bonds. The average molecular weight is 383 g/mol. The standard InChI is InChI=1S/C11H9F3IN3O/c1-7(15)10(18-6-16-2)19-8-3-4-9(17-5-8)11(12,13)14/h3-6H,1H2,2H3/b16-6-,18-10+. The van der Waals surface area contributed by atoms with Crippen LogP contribution in [0.1, 0.15) is 5.69 Å². The van der Waals surface area contributed by atoms with Crippen LogP contribution in [0, 0.1) is 0 Å². The Kier molecular flexibility index (Phi) is 5.45. The molecule has 1 aromatic heterocycles. The van der Waals surface area contributed by atoms with Gasteiger partial charge in [0, 0.05) is 7.05 Å². The van der Waals surface area contributed by atoms with E-state index >= 15 is 0 Å². The zero-order valence-corrected chi connectivity index (χ0v) is 11.9. The zero-order chi connectivity index (χ0) is 14.5. The van der Waals surface area contributed by atoms with Gasteiger partial charge in [0.2, 0.25) is 5.90 Å². The van der Waals surface area contributed by atoms with Gasteiger partial charge in [-0.15, -0.1) is 0 Å². The fourth-order valence-electron chi connectivity index (χ4n) is 0.982. The number of nitrogens with zero attached hydrogens (tertiary/aromatic N) is 3. The van der Waals surface area contributed by atoms with Gasteiger partial charge in [0.15, 0.2) is 0 Å². The van der Waals surface area contributed by atoms with Gasteiger partial charge in [-0.05, 0) is 34.7 Å². The molecule has 0 radical (unpaired) electrons. The zero-order valence-electron chi connectivity index (χ0n) is 9.78. The fourth-order valence-corrected chi connectivity index (χ4v) is 1.23. The molecule has 102 valence electrons. The Morgan fingerprint density at radius 1 is 1.47 bits per heavy atom. The lowest BCUT2D eigenvalue weighted by atomic mass is 10.3. The van der Waals surface area contributed by atoms with Crippen LogP contribution in [-0.2, 0) is 6.18 Å². The molecule has 0 saturated heterocycles. The van der Waals surface area contributed by atoms with E-state index in [1.54, 1.807) is 0 Å². The normalized spacial score (nSPS) is 12.8. The average Bonchev–Trinajstić information content (AvgIpc) is 2.33. The monoisotopic (exact) mass is 383 g/mol. The quantitative estimate of drug-likeness (QED) is 0.456. The van der Waals surface area contributed by atoms with E-state index < -0.39 is 11.9 Å². The highest BCUT2D eigenvalue weighted by atomic mass is 127. The summed E-state index contributed by atoms with van der Waals surface area (Å²) in [5.74, 6) is 0.279. The minimum atomic E-state index is -4.48. The Morgan fingerprint density at radius 2 is 2.16 bits per heavy atom. The highest BCUT2D eigenvalue weighted by molar-refractivity contribution is 14.1. The van der Waals surface area contributed by atoms with Crippen molar-refractivity contribution in [2.24, 2.45) is 9.98 Å². The van der Waals surface area contributed by atoms with Crippen LogP contribution in [0.2, 0.25) is 0 Å². The number of hydrogen-bond donors (Lipinski definition) is 0. The molecule has 8 heteroatoms. The Morgan fingerprint density at radius 3 is 2.58 bits per heavy atom. The molecule has 0 spiro atoms. The first-order valence-corrected chi connectivity index (χ1v) is 5.96. The third-order valence-corrected chi connectivity index (χ3v) is 2.23. The molecule has 1 aromatic rings. The summed E-state index contributed by atoms with van der Waals surface area (Å²) >= 11 is 1.88. The van der Waals surface area contributed by atoms with Crippen LogP contribution in [0.5, 0.6) is 5.75 Å². The van der Waals surface area contributed by atoms with E-state index in [2.05, 4.69) is 21.5 Å². The van der Waals surface area contributed by atoms with Crippen molar-refractivity contribution in [3.05, 3.63) is 34.2 Å². The van der Waals surface area contributed by atoms with Gasteiger partial charge >= 0.3 is 6.18 Å². The van der Waals surface area contributed by atoms with Gasteiger partial charge in [-0.25, -0.2) is 9.98 Å². The van der Waals surface area contributed by atoms with E-state index in [4.69, 9.17) is 4.74 Å². The molecule has 0 aromatic carbocycles. The molecule has 0 unspecified atom stereocenters. The number of aliphatic imine (C=N–C) groups is 2. The van der Waals surface area contributed by atoms with E-state index in [1.165, 1.54) is 13.4 Å². The molecule has 0 aliphatic rings. The van der Waals surface area contributed by atoms with E-state index in [-0.39, 0.29) is 11.6 Å². The van der Waals surface area contributed by atoms with Gasteiger partial charge < -0.3 is 4.74 Å². The lowest BCUT2D eigenvalue weighted by Crippen LogP contribution is -2.10. The smallest absolute Gasteiger partial charge is 0.433 e. The molecular weight excluding hydrogens is 374 g/mol. The summed E-state index contributed by atoms with van der Waals surface area (Å²) in [5.41, 5.74) is -0.984. The van der Waals surface area contributed by atoms with Crippen LogP contribution < -0.4 is 4.74 Å². The maximum Gasteiger partial charge on any atom is 0.433 e. The summed E-state index contributed by atoms with van der Waals surface area (Å²) in [6.07, 6.45) is -2.26. The molecule has 0 aliphatic carbocycles. The van der Waals surface area contributed by atoms with Crippen LogP contribution in [0.3, 0.4) is 0 Å². The van der Waals surface area contributed by atoms with Crippen LogP contribution >= 0.6 is 22.6 Å². The summed E-state index contributed by atoms with van der Waals surface area (Å²) in [7, 11) is 1.52. The topological polar surface area (TPSA) is 46.8 Å². The molecule has 19 heavy (non-hydrogen) atoms. The largest absolute Gasteiger partial charge is 0.436 e. The number of hydrogen-bond acceptors (Lipinski definition) is 3. The Balaban J connectivity index is 2.90. The van der Waals surface area contributed by atoms with Crippen molar-refractivity contribution in [3.8, 4) is 5.75 Å². The van der Waals surface area contributed by atoms with Crippen molar-refractivity contribution < 1.29 is 17.9 Å². The lowest BCUT2D eigenvalue weighted by molar-refractivity contribution is -0.141. The highest BCUT2D eigenvalue weighted by Gasteiger charge is 2.32. The number of rotatable bonds is 3. The van der Waals surface area contributed by atoms with Gasteiger partial charge in [0.25, 0.3) is 0 Å². The summed E-state index contributed by atoms with van der Waals surface area (Å²) < 4.78 is 42.7. The summed E-state index contributed by atoms with van der Waals surface area (Å²) in [6.45, 7) is 3.63. The number of aromatic nitrogens is 1. The van der Waals surface area contributed by atoms with Gasteiger partial charge in [0.05, 0.1) is 9.78 Å². The van der Waals surface area contributed by atoms with Crippen molar-refractivity contribution in [2.75, 3.05) is 7.05 Å². The Bertz CT molecular complexity index is 509. The molecule has 1 heterocycles. The van der Waals surface area contributed by atoms with Crippen LogP contribution in [-0.4, -0.2) is 24.3 Å². The molecule has 0 saturated carbocycles. The van der Waals surface area contributed by atoms with Crippen LogP contribution in [0.25, 0.3) is 0 Å². The number of halogens is 4. The maximum atomic E-state index is 12.3. The first-order chi connectivity index (χ1) is 8.84. The minimum Gasteiger partial charge on any atom is -0.436 e. The second-order valence-corrected chi connectivity index (χ2v) is 4.49. The van der Waals surface area contributed by atoms with Crippen molar-refractivity contribution in [1.82, 2.24) is 4.98 Å². The maximum absolute atomic E-state index is 12.3. The summed E-state index contributed by atoms with van der Waals surface area (Å²) in [5, 5.41) is 0. The van der Waals surface area contributed by atoms with Gasteiger partial charge in [0.1, 0.15) is 17.8 Å². The van der Waals surface area contributed by atoms with Crippen molar-refractivity contribution in [2.45, 2.75) is 6.18 Å². The molecular formula is C11H9F3IN3O. The molecule has 0 aliphatic heterocycles. The molecule has 0 atom stereocenters. The molecule has 0 bridgehead atoms. The van der Waals surface area contributed by atoms with E-state index in [1.807, 2.05) is 22.6 Å². The van der Waals surface area contributed by atoms with Gasteiger partial charge in [-0.2, -0.15) is 13.2 Å². The van der Waals surface area contributed by atoms with Crippen LogP contribution in [0.4, 0.5) is 13.2 Å². The summed E-state index contributed by atoms with van der Waals surface area (Å²) in [6, 6.07) is 1.99. The Labute approximate surface area is 121 Å². The number of pyridine rings is 1. The molecule has 1 rings (SSSR count). The van der Waals surface area contributed by atoms with E-state index in [9.17, 15) is 13.2 Å². The van der Waals surface area contributed by atoms with E-state index in [0.717, 1.165) is 18.3 Å². The Hall–Kier alpha value is -1.45. The molecule has 0 N–H and O–H groups in total. The van der Waals surface area contributed by atoms with Crippen molar-refractivity contribution in [3.63, 3.8) is 0 Å². The van der Waals surface area contributed by atoms with Crippen molar-refractivity contribution >= 4 is 34.8 Å². The third-order valence-electron chi connectivity index (χ3n) is 1.76. The second-order valence-electron chi connectivity index (χ2n) is 3.19. The highest BCUT2D eigenvalue weighted by Crippen LogP contribution is 2.28. The van der Waals surface area contributed by atoms with Crippen LogP contribution in [0.15, 0.2) is 38.5 Å². The second kappa shape index (κ2) is 6.64. The lowest BCUT2D eigenvalue weighted by Gasteiger charge is -2.08. The third kappa shape index (κ3) is 4.97. The van der Waals surface area contributed by atoms with E-state index in [0.29, 0.717) is 3.58 Å². The van der Waals surface area contributed by atoms with Gasteiger partial charge in [-0.3, -0.25) is 4.99 Å². The van der Waals surface area contributed by atoms with Crippen molar-refractivity contribution in [1.29, 1.82) is 0 Å². The predicted molar refractivity (Wildman–Crippen MR) is 74.9 cm³/mol. The fraction of sp³-hybridized carbons (Fsp3) is 0.182. The van der Waals surface area contributed by atoms with Gasteiger partial charge in [-0.1, -0.05) is 6.58 Å². The summed E-state index contributed by atoms with van der Waals surface area (Å²) in [4.78, 5) is 10.8. The minimum absolute atomic E-state index is 0.133. The SMILES string of the molecule is C=C(I)/C(=N\C=N/C)Oc1ccc(C(F)(F)F)nc1.